The minimum Gasteiger partial charge on any atom is -0.458 e. The Hall–Kier alpha value is -1.85. The van der Waals surface area contributed by atoms with Crippen LogP contribution in [0.25, 0.3) is 11.0 Å². The summed E-state index contributed by atoms with van der Waals surface area (Å²) in [6, 6.07) is 7.94. The zero-order valence-corrected chi connectivity index (χ0v) is 13.6. The summed E-state index contributed by atoms with van der Waals surface area (Å²) in [4.78, 5) is 6.42. The molecule has 0 unspecified atom stereocenters. The third kappa shape index (κ3) is 3.12. The SMILES string of the molecule is Clc1c(CN2CCC(Cn3cncn3)CC2)oc2ccccc12. The molecule has 1 fully saturated rings. The van der Waals surface area contributed by atoms with Crippen molar-refractivity contribution >= 4 is 22.6 Å². The van der Waals surface area contributed by atoms with Crippen LogP contribution >= 0.6 is 11.6 Å². The Bertz CT molecular complexity index is 775. The first-order valence-corrected chi connectivity index (χ1v) is 8.38. The third-order valence-electron chi connectivity index (χ3n) is 4.59. The van der Waals surface area contributed by atoms with E-state index in [9.17, 15) is 0 Å². The summed E-state index contributed by atoms with van der Waals surface area (Å²) >= 11 is 6.46. The van der Waals surface area contributed by atoms with Gasteiger partial charge >= 0.3 is 0 Å². The van der Waals surface area contributed by atoms with Gasteiger partial charge in [-0.05, 0) is 44.0 Å². The van der Waals surface area contributed by atoms with Gasteiger partial charge in [0, 0.05) is 11.9 Å². The van der Waals surface area contributed by atoms with Crippen LogP contribution in [0.5, 0.6) is 0 Å². The van der Waals surface area contributed by atoms with E-state index in [1.165, 1.54) is 0 Å². The molecule has 120 valence electrons. The second-order valence-electron chi connectivity index (χ2n) is 6.17. The van der Waals surface area contributed by atoms with E-state index in [-0.39, 0.29) is 0 Å². The number of furan rings is 1. The lowest BCUT2D eigenvalue weighted by atomic mass is 9.97. The number of hydrogen-bond donors (Lipinski definition) is 0. The second-order valence-corrected chi connectivity index (χ2v) is 6.55. The van der Waals surface area contributed by atoms with Crippen molar-refractivity contribution in [2.45, 2.75) is 25.9 Å². The van der Waals surface area contributed by atoms with Crippen LogP contribution in [0, 0.1) is 5.92 Å². The fourth-order valence-corrected chi connectivity index (χ4v) is 3.54. The highest BCUT2D eigenvalue weighted by Crippen LogP contribution is 2.32. The highest BCUT2D eigenvalue weighted by molar-refractivity contribution is 6.36. The maximum atomic E-state index is 6.46. The summed E-state index contributed by atoms with van der Waals surface area (Å²) in [5, 5.41) is 5.95. The Morgan fingerprint density at radius 3 is 2.78 bits per heavy atom. The number of likely N-dealkylation sites (tertiary alicyclic amines) is 1. The predicted molar refractivity (Wildman–Crippen MR) is 89.2 cm³/mol. The molecular formula is C17H19ClN4O. The largest absolute Gasteiger partial charge is 0.458 e. The van der Waals surface area contributed by atoms with Crippen LogP contribution in [0.4, 0.5) is 0 Å². The molecule has 0 amide bonds. The fourth-order valence-electron chi connectivity index (χ4n) is 3.29. The van der Waals surface area contributed by atoms with Gasteiger partial charge in [-0.3, -0.25) is 9.58 Å². The monoisotopic (exact) mass is 330 g/mol. The van der Waals surface area contributed by atoms with Gasteiger partial charge in [-0.1, -0.05) is 23.7 Å². The first-order chi connectivity index (χ1) is 11.3. The van der Waals surface area contributed by atoms with Crippen molar-refractivity contribution in [2.75, 3.05) is 13.1 Å². The van der Waals surface area contributed by atoms with Crippen LogP contribution in [0.15, 0.2) is 41.3 Å². The molecule has 1 saturated heterocycles. The average Bonchev–Trinajstić information content (AvgIpc) is 3.19. The molecule has 3 heterocycles. The molecule has 6 heteroatoms. The Kier molecular flexibility index (Phi) is 4.06. The molecule has 4 rings (SSSR count). The number of rotatable bonds is 4. The molecule has 0 bridgehead atoms. The predicted octanol–water partition coefficient (Wildman–Crippen LogP) is 3.59. The van der Waals surface area contributed by atoms with Crippen LogP contribution < -0.4 is 0 Å². The molecular weight excluding hydrogens is 312 g/mol. The molecule has 0 aliphatic carbocycles. The summed E-state index contributed by atoms with van der Waals surface area (Å²) in [7, 11) is 0. The van der Waals surface area contributed by atoms with E-state index < -0.39 is 0 Å². The molecule has 1 aliphatic heterocycles. The summed E-state index contributed by atoms with van der Waals surface area (Å²) in [5.74, 6) is 1.54. The lowest BCUT2D eigenvalue weighted by Gasteiger charge is -2.31. The molecule has 0 N–H and O–H groups in total. The Balaban J connectivity index is 1.38. The lowest BCUT2D eigenvalue weighted by Crippen LogP contribution is -2.34. The van der Waals surface area contributed by atoms with E-state index in [0.29, 0.717) is 5.92 Å². The zero-order valence-electron chi connectivity index (χ0n) is 12.9. The number of hydrogen-bond acceptors (Lipinski definition) is 4. The number of nitrogens with zero attached hydrogens (tertiary/aromatic N) is 4. The molecule has 0 atom stereocenters. The summed E-state index contributed by atoms with van der Waals surface area (Å²) in [6.07, 6.45) is 5.72. The Labute approximate surface area is 139 Å². The van der Waals surface area contributed by atoms with Crippen LogP contribution in [-0.2, 0) is 13.1 Å². The van der Waals surface area contributed by atoms with Crippen molar-refractivity contribution in [3.05, 3.63) is 47.7 Å². The number of para-hydroxylation sites is 1. The van der Waals surface area contributed by atoms with E-state index in [0.717, 1.165) is 60.8 Å². The highest BCUT2D eigenvalue weighted by atomic mass is 35.5. The maximum absolute atomic E-state index is 6.46. The van der Waals surface area contributed by atoms with E-state index in [2.05, 4.69) is 15.0 Å². The molecule has 0 spiro atoms. The number of aromatic nitrogens is 3. The van der Waals surface area contributed by atoms with Crippen LogP contribution in [-0.4, -0.2) is 32.8 Å². The lowest BCUT2D eigenvalue weighted by molar-refractivity contribution is 0.156. The zero-order chi connectivity index (χ0) is 15.6. The van der Waals surface area contributed by atoms with Gasteiger partial charge in [0.25, 0.3) is 0 Å². The smallest absolute Gasteiger partial charge is 0.137 e. The Morgan fingerprint density at radius 1 is 1.22 bits per heavy atom. The fraction of sp³-hybridized carbons (Fsp3) is 0.412. The van der Waals surface area contributed by atoms with Gasteiger partial charge in [-0.25, -0.2) is 4.98 Å². The number of fused-ring (bicyclic) bond motifs is 1. The molecule has 23 heavy (non-hydrogen) atoms. The molecule has 2 aromatic heterocycles. The number of benzene rings is 1. The number of piperidine rings is 1. The highest BCUT2D eigenvalue weighted by Gasteiger charge is 2.22. The molecule has 1 aliphatic rings. The van der Waals surface area contributed by atoms with E-state index in [4.69, 9.17) is 16.0 Å². The van der Waals surface area contributed by atoms with E-state index in [1.807, 2.05) is 28.9 Å². The summed E-state index contributed by atoms with van der Waals surface area (Å²) < 4.78 is 7.84. The van der Waals surface area contributed by atoms with Crippen LogP contribution in [0.1, 0.15) is 18.6 Å². The molecule has 3 aromatic rings. The number of halogens is 1. The van der Waals surface area contributed by atoms with Gasteiger partial charge < -0.3 is 4.42 Å². The molecule has 0 saturated carbocycles. The summed E-state index contributed by atoms with van der Waals surface area (Å²) in [5.41, 5.74) is 0.869. The van der Waals surface area contributed by atoms with Crippen molar-refractivity contribution in [3.63, 3.8) is 0 Å². The molecule has 5 nitrogen and oxygen atoms in total. The van der Waals surface area contributed by atoms with Gasteiger partial charge in [-0.15, -0.1) is 0 Å². The van der Waals surface area contributed by atoms with Crippen molar-refractivity contribution in [3.8, 4) is 0 Å². The second kappa shape index (κ2) is 6.34. The van der Waals surface area contributed by atoms with Gasteiger partial charge in [0.1, 0.15) is 24.0 Å². The Morgan fingerprint density at radius 2 is 2.04 bits per heavy atom. The molecule has 1 aromatic carbocycles. The van der Waals surface area contributed by atoms with E-state index >= 15 is 0 Å². The first kappa shape index (κ1) is 14.7. The first-order valence-electron chi connectivity index (χ1n) is 8.00. The van der Waals surface area contributed by atoms with Crippen LogP contribution in [0.3, 0.4) is 0 Å². The van der Waals surface area contributed by atoms with Gasteiger partial charge in [0.05, 0.1) is 11.6 Å². The van der Waals surface area contributed by atoms with Crippen molar-refractivity contribution in [1.82, 2.24) is 19.7 Å². The average molecular weight is 331 g/mol. The van der Waals surface area contributed by atoms with Crippen molar-refractivity contribution in [1.29, 1.82) is 0 Å². The minimum atomic E-state index is 0.666. The van der Waals surface area contributed by atoms with Crippen LogP contribution in [0.2, 0.25) is 5.02 Å². The standard InChI is InChI=1S/C17H19ClN4O/c18-17-14-3-1-2-4-15(14)23-16(17)10-21-7-5-13(6-8-21)9-22-12-19-11-20-22/h1-4,11-13H,5-10H2. The van der Waals surface area contributed by atoms with Crippen molar-refractivity contribution < 1.29 is 4.42 Å². The van der Waals surface area contributed by atoms with Crippen molar-refractivity contribution in [2.24, 2.45) is 5.92 Å². The van der Waals surface area contributed by atoms with Gasteiger partial charge in [0.2, 0.25) is 0 Å². The molecule has 0 radical (unpaired) electrons. The minimum absolute atomic E-state index is 0.666. The van der Waals surface area contributed by atoms with Gasteiger partial charge in [-0.2, -0.15) is 5.10 Å². The summed E-state index contributed by atoms with van der Waals surface area (Å²) in [6.45, 7) is 3.86. The topological polar surface area (TPSA) is 47.1 Å². The normalized spacial score (nSPS) is 17.1. The van der Waals surface area contributed by atoms with E-state index in [1.54, 1.807) is 12.7 Å². The maximum Gasteiger partial charge on any atom is 0.137 e. The quantitative estimate of drug-likeness (QED) is 0.733. The third-order valence-corrected chi connectivity index (χ3v) is 5.00. The van der Waals surface area contributed by atoms with Gasteiger partial charge in [0.15, 0.2) is 0 Å².